The van der Waals surface area contributed by atoms with E-state index in [1.54, 1.807) is 6.92 Å². The molecule has 6 heteroatoms. The lowest BCUT2D eigenvalue weighted by Crippen LogP contribution is -2.55. The van der Waals surface area contributed by atoms with E-state index in [4.69, 9.17) is 4.74 Å². The predicted molar refractivity (Wildman–Crippen MR) is 66.6 cm³/mol. The maximum absolute atomic E-state index is 13.6. The maximum Gasteiger partial charge on any atom is 0.200 e. The Hall–Kier alpha value is -0.720. The molecule has 2 rings (SSSR count). The van der Waals surface area contributed by atoms with E-state index in [1.165, 1.54) is 6.07 Å². The number of hydrogen-bond acceptors (Lipinski definition) is 3. The van der Waals surface area contributed by atoms with Gasteiger partial charge in [-0.3, -0.25) is 0 Å². The Bertz CT molecular complexity index is 454. The van der Waals surface area contributed by atoms with E-state index in [9.17, 15) is 13.9 Å². The van der Waals surface area contributed by atoms with Crippen molar-refractivity contribution < 1.29 is 18.6 Å². The SMILES string of the molecule is CC1(O)CCNCC1Oc1cc(Br)cc(F)c1F. The minimum atomic E-state index is -1.06. The second kappa shape index (κ2) is 5.11. The highest BCUT2D eigenvalue weighted by molar-refractivity contribution is 9.10. The Balaban J connectivity index is 2.23. The van der Waals surface area contributed by atoms with Crippen molar-refractivity contribution in [2.75, 3.05) is 13.1 Å². The zero-order valence-electron chi connectivity index (χ0n) is 9.84. The van der Waals surface area contributed by atoms with Gasteiger partial charge >= 0.3 is 0 Å². The highest BCUT2D eigenvalue weighted by Crippen LogP contribution is 2.29. The highest BCUT2D eigenvalue weighted by Gasteiger charge is 2.36. The van der Waals surface area contributed by atoms with Gasteiger partial charge in [0.05, 0.1) is 0 Å². The molecular weight excluding hydrogens is 308 g/mol. The Labute approximate surface area is 112 Å². The van der Waals surface area contributed by atoms with Crippen LogP contribution < -0.4 is 10.1 Å². The first-order valence-electron chi connectivity index (χ1n) is 5.64. The van der Waals surface area contributed by atoms with E-state index in [1.807, 2.05) is 0 Å². The molecule has 0 bridgehead atoms. The molecule has 100 valence electrons. The molecule has 1 saturated heterocycles. The lowest BCUT2D eigenvalue weighted by atomic mass is 9.92. The van der Waals surface area contributed by atoms with Crippen molar-refractivity contribution in [3.8, 4) is 5.75 Å². The second-order valence-corrected chi connectivity index (χ2v) is 5.53. The van der Waals surface area contributed by atoms with Crippen molar-refractivity contribution in [2.45, 2.75) is 25.0 Å². The van der Waals surface area contributed by atoms with Crippen molar-refractivity contribution in [3.63, 3.8) is 0 Å². The predicted octanol–water partition coefficient (Wildman–Crippen LogP) is 2.22. The van der Waals surface area contributed by atoms with Crippen molar-refractivity contribution >= 4 is 15.9 Å². The molecule has 2 atom stereocenters. The molecule has 0 aromatic heterocycles. The second-order valence-electron chi connectivity index (χ2n) is 4.62. The topological polar surface area (TPSA) is 41.5 Å². The molecule has 3 nitrogen and oxygen atoms in total. The number of aliphatic hydroxyl groups is 1. The normalized spacial score (nSPS) is 28.2. The fraction of sp³-hybridized carbons (Fsp3) is 0.500. The van der Waals surface area contributed by atoms with Gasteiger partial charge in [-0.15, -0.1) is 0 Å². The first kappa shape index (κ1) is 13.7. The van der Waals surface area contributed by atoms with Gasteiger partial charge in [-0.1, -0.05) is 15.9 Å². The monoisotopic (exact) mass is 321 g/mol. The first-order chi connectivity index (χ1) is 8.40. The molecule has 1 fully saturated rings. The molecule has 1 aliphatic heterocycles. The van der Waals surface area contributed by atoms with E-state index in [0.29, 0.717) is 24.0 Å². The van der Waals surface area contributed by atoms with E-state index < -0.39 is 23.3 Å². The number of nitrogens with one attached hydrogen (secondary N) is 1. The van der Waals surface area contributed by atoms with Gasteiger partial charge in [-0.2, -0.15) is 4.39 Å². The molecule has 0 amide bonds. The number of hydrogen-bond donors (Lipinski definition) is 2. The summed E-state index contributed by atoms with van der Waals surface area (Å²) in [6, 6.07) is 2.38. The third-order valence-corrected chi connectivity index (χ3v) is 3.52. The molecule has 2 unspecified atom stereocenters. The lowest BCUT2D eigenvalue weighted by molar-refractivity contribution is -0.0670. The van der Waals surface area contributed by atoms with Crippen LogP contribution in [0.1, 0.15) is 13.3 Å². The van der Waals surface area contributed by atoms with Crippen LogP contribution in [0.4, 0.5) is 8.78 Å². The van der Waals surface area contributed by atoms with Crippen LogP contribution >= 0.6 is 15.9 Å². The molecule has 1 aliphatic rings. The van der Waals surface area contributed by atoms with Gasteiger partial charge in [0.2, 0.25) is 5.82 Å². The molecular formula is C12H14BrF2NO2. The zero-order chi connectivity index (χ0) is 13.3. The van der Waals surface area contributed by atoms with Crippen LogP contribution in [0.2, 0.25) is 0 Å². The fourth-order valence-corrected chi connectivity index (χ4v) is 2.30. The average Bonchev–Trinajstić information content (AvgIpc) is 2.27. The largest absolute Gasteiger partial charge is 0.483 e. The molecule has 0 spiro atoms. The van der Waals surface area contributed by atoms with Gasteiger partial charge in [0, 0.05) is 11.0 Å². The smallest absolute Gasteiger partial charge is 0.200 e. The summed E-state index contributed by atoms with van der Waals surface area (Å²) in [4.78, 5) is 0. The molecule has 0 saturated carbocycles. The van der Waals surface area contributed by atoms with Crippen molar-refractivity contribution in [3.05, 3.63) is 28.2 Å². The van der Waals surface area contributed by atoms with Gasteiger partial charge in [0.1, 0.15) is 11.7 Å². The number of rotatable bonds is 2. The fourth-order valence-electron chi connectivity index (χ4n) is 1.90. The maximum atomic E-state index is 13.6. The zero-order valence-corrected chi connectivity index (χ0v) is 11.4. The summed E-state index contributed by atoms with van der Waals surface area (Å²) in [7, 11) is 0. The van der Waals surface area contributed by atoms with Crippen LogP contribution in [-0.2, 0) is 0 Å². The summed E-state index contributed by atoms with van der Waals surface area (Å²) in [5, 5.41) is 13.2. The minimum absolute atomic E-state index is 0.198. The van der Waals surface area contributed by atoms with E-state index in [0.717, 1.165) is 6.07 Å². The van der Waals surface area contributed by atoms with Gasteiger partial charge in [0.25, 0.3) is 0 Å². The summed E-state index contributed by atoms with van der Waals surface area (Å²) < 4.78 is 32.6. The minimum Gasteiger partial charge on any atom is -0.483 e. The van der Waals surface area contributed by atoms with Crippen LogP contribution in [0.3, 0.4) is 0 Å². The summed E-state index contributed by atoms with van der Waals surface area (Å²) in [6.07, 6.45) is -0.120. The number of benzene rings is 1. The molecule has 18 heavy (non-hydrogen) atoms. The summed E-state index contributed by atoms with van der Waals surface area (Å²) in [6.45, 7) is 2.69. The van der Waals surface area contributed by atoms with Crippen molar-refractivity contribution in [1.82, 2.24) is 5.32 Å². The number of piperidine rings is 1. The van der Waals surface area contributed by atoms with Crippen LogP contribution in [0.5, 0.6) is 5.75 Å². The molecule has 0 aliphatic carbocycles. The van der Waals surface area contributed by atoms with Gasteiger partial charge in [-0.25, -0.2) is 4.39 Å². The highest BCUT2D eigenvalue weighted by atomic mass is 79.9. The third-order valence-electron chi connectivity index (χ3n) is 3.06. The third kappa shape index (κ3) is 2.81. The van der Waals surface area contributed by atoms with Crippen LogP contribution in [0.25, 0.3) is 0 Å². The van der Waals surface area contributed by atoms with Crippen molar-refractivity contribution in [2.24, 2.45) is 0 Å². The molecule has 0 radical (unpaired) electrons. The molecule has 1 aromatic rings. The summed E-state index contributed by atoms with van der Waals surface area (Å²) >= 11 is 3.08. The summed E-state index contributed by atoms with van der Waals surface area (Å²) in [5.74, 6) is -2.22. The van der Waals surface area contributed by atoms with E-state index in [2.05, 4.69) is 21.2 Å². The van der Waals surface area contributed by atoms with Crippen molar-refractivity contribution in [1.29, 1.82) is 0 Å². The number of ether oxygens (including phenoxy) is 1. The van der Waals surface area contributed by atoms with Gasteiger partial charge in [-0.05, 0) is 32.0 Å². The van der Waals surface area contributed by atoms with E-state index in [-0.39, 0.29) is 5.75 Å². The summed E-state index contributed by atoms with van der Waals surface area (Å²) in [5.41, 5.74) is -1.06. The average molecular weight is 322 g/mol. The van der Waals surface area contributed by atoms with Crippen LogP contribution in [0.15, 0.2) is 16.6 Å². The molecule has 2 N–H and O–H groups in total. The Morgan fingerprint density at radius 3 is 2.89 bits per heavy atom. The molecule has 1 heterocycles. The lowest BCUT2D eigenvalue weighted by Gasteiger charge is -2.37. The van der Waals surface area contributed by atoms with Crippen LogP contribution in [0, 0.1) is 11.6 Å². The Morgan fingerprint density at radius 1 is 1.50 bits per heavy atom. The van der Waals surface area contributed by atoms with E-state index >= 15 is 0 Å². The van der Waals surface area contributed by atoms with Gasteiger partial charge in [0.15, 0.2) is 11.6 Å². The quantitative estimate of drug-likeness (QED) is 0.821. The standard InChI is InChI=1S/C12H14BrF2NO2/c1-12(17)2-3-16-6-10(12)18-9-5-7(13)4-8(14)11(9)15/h4-5,10,16-17H,2-3,6H2,1H3. The number of halogens is 3. The Morgan fingerprint density at radius 2 is 2.22 bits per heavy atom. The molecule has 1 aromatic carbocycles. The van der Waals surface area contributed by atoms with Crippen LogP contribution in [-0.4, -0.2) is 29.9 Å². The van der Waals surface area contributed by atoms with Gasteiger partial charge < -0.3 is 15.2 Å². The first-order valence-corrected chi connectivity index (χ1v) is 6.44. The Kier molecular flexibility index (Phi) is 3.89.